The van der Waals surface area contributed by atoms with E-state index in [1.165, 1.54) is 0 Å². The van der Waals surface area contributed by atoms with Crippen molar-refractivity contribution in [2.24, 2.45) is 5.92 Å². The molecule has 0 saturated carbocycles. The Kier molecular flexibility index (Phi) is 4.63. The van der Waals surface area contributed by atoms with Crippen LogP contribution in [0.15, 0.2) is 65.6 Å². The fourth-order valence-corrected chi connectivity index (χ4v) is 3.10. The van der Waals surface area contributed by atoms with Crippen LogP contribution in [0.2, 0.25) is 0 Å². The Bertz CT molecular complexity index is 525. The Balaban J connectivity index is 2.27. The van der Waals surface area contributed by atoms with E-state index >= 15 is 0 Å². The quantitative estimate of drug-likeness (QED) is 0.827. The molecule has 0 aliphatic carbocycles. The van der Waals surface area contributed by atoms with E-state index in [-0.39, 0.29) is 5.25 Å². The maximum Gasteiger partial charge on any atom is 0.307 e. The maximum absolute atomic E-state index is 11.3. The van der Waals surface area contributed by atoms with Crippen molar-refractivity contribution >= 4 is 17.7 Å². The molecule has 0 aromatic heterocycles. The summed E-state index contributed by atoms with van der Waals surface area (Å²) in [5, 5.41) is 9.20. The van der Waals surface area contributed by atoms with E-state index in [4.69, 9.17) is 0 Å². The first kappa shape index (κ1) is 13.7. The molecule has 98 valence electrons. The van der Waals surface area contributed by atoms with E-state index in [2.05, 4.69) is 0 Å². The third kappa shape index (κ3) is 3.61. The molecule has 2 nitrogen and oxygen atoms in total. The number of benzene rings is 2. The van der Waals surface area contributed by atoms with Gasteiger partial charge in [-0.05, 0) is 17.7 Å². The van der Waals surface area contributed by atoms with Gasteiger partial charge in [-0.3, -0.25) is 4.79 Å². The minimum Gasteiger partial charge on any atom is -0.481 e. The SMILES string of the molecule is C[C@H](C(=O)O)[C@@H](Sc1ccccc1)c1ccccc1. The van der Waals surface area contributed by atoms with E-state index in [9.17, 15) is 9.90 Å². The van der Waals surface area contributed by atoms with Gasteiger partial charge in [-0.2, -0.15) is 0 Å². The minimum atomic E-state index is -0.766. The molecule has 0 fully saturated rings. The Hall–Kier alpha value is -1.74. The molecule has 0 aliphatic rings. The first-order valence-corrected chi connectivity index (χ1v) is 7.06. The summed E-state index contributed by atoms with van der Waals surface area (Å²) in [7, 11) is 0. The van der Waals surface area contributed by atoms with Gasteiger partial charge in [0.15, 0.2) is 0 Å². The van der Waals surface area contributed by atoms with Gasteiger partial charge in [0.1, 0.15) is 0 Å². The highest BCUT2D eigenvalue weighted by molar-refractivity contribution is 7.99. The Morgan fingerprint density at radius 1 is 1.00 bits per heavy atom. The third-order valence-electron chi connectivity index (χ3n) is 2.98. The summed E-state index contributed by atoms with van der Waals surface area (Å²) in [5.41, 5.74) is 1.05. The molecule has 2 rings (SSSR count). The monoisotopic (exact) mass is 272 g/mol. The molecule has 2 atom stereocenters. The molecule has 0 bridgehead atoms. The average Bonchev–Trinajstić information content (AvgIpc) is 2.46. The highest BCUT2D eigenvalue weighted by Gasteiger charge is 2.26. The highest BCUT2D eigenvalue weighted by atomic mass is 32.2. The Morgan fingerprint density at radius 3 is 2.05 bits per heavy atom. The number of aliphatic carboxylic acids is 1. The molecule has 0 unspecified atom stereocenters. The zero-order valence-electron chi connectivity index (χ0n) is 10.7. The van der Waals surface area contributed by atoms with Crippen LogP contribution in [0.5, 0.6) is 0 Å². The van der Waals surface area contributed by atoms with Crippen LogP contribution in [0.1, 0.15) is 17.7 Å². The minimum absolute atomic E-state index is 0.0823. The Morgan fingerprint density at radius 2 is 1.53 bits per heavy atom. The summed E-state index contributed by atoms with van der Waals surface area (Å²) >= 11 is 1.60. The van der Waals surface area contributed by atoms with Gasteiger partial charge in [-0.1, -0.05) is 55.5 Å². The van der Waals surface area contributed by atoms with Crippen molar-refractivity contribution in [1.29, 1.82) is 0 Å². The van der Waals surface area contributed by atoms with Gasteiger partial charge in [0, 0.05) is 10.1 Å². The van der Waals surface area contributed by atoms with Crippen LogP contribution in [0.4, 0.5) is 0 Å². The normalized spacial score (nSPS) is 13.7. The van der Waals surface area contributed by atoms with Gasteiger partial charge >= 0.3 is 5.97 Å². The molecule has 19 heavy (non-hydrogen) atoms. The van der Waals surface area contributed by atoms with Gasteiger partial charge in [-0.15, -0.1) is 11.8 Å². The largest absolute Gasteiger partial charge is 0.481 e. The molecule has 0 spiro atoms. The second kappa shape index (κ2) is 6.43. The fraction of sp³-hybridized carbons (Fsp3) is 0.188. The number of carbonyl (C=O) groups is 1. The lowest BCUT2D eigenvalue weighted by Crippen LogP contribution is -2.16. The Labute approximate surface area is 117 Å². The molecule has 0 amide bonds. The number of rotatable bonds is 5. The maximum atomic E-state index is 11.3. The van der Waals surface area contributed by atoms with Gasteiger partial charge in [0.2, 0.25) is 0 Å². The van der Waals surface area contributed by atoms with Crippen LogP contribution in [0, 0.1) is 5.92 Å². The molecule has 2 aromatic rings. The van der Waals surface area contributed by atoms with Crippen molar-refractivity contribution in [2.75, 3.05) is 0 Å². The smallest absolute Gasteiger partial charge is 0.307 e. The summed E-state index contributed by atoms with van der Waals surface area (Å²) in [4.78, 5) is 12.4. The first-order chi connectivity index (χ1) is 9.18. The van der Waals surface area contributed by atoms with Gasteiger partial charge in [-0.25, -0.2) is 0 Å². The summed E-state index contributed by atoms with van der Waals surface area (Å²) < 4.78 is 0. The van der Waals surface area contributed by atoms with E-state index in [1.54, 1.807) is 18.7 Å². The first-order valence-electron chi connectivity index (χ1n) is 6.18. The lowest BCUT2D eigenvalue weighted by atomic mass is 10.0. The van der Waals surface area contributed by atoms with Gasteiger partial charge in [0.25, 0.3) is 0 Å². The molecule has 0 aliphatic heterocycles. The van der Waals surface area contributed by atoms with Gasteiger partial charge in [0.05, 0.1) is 5.92 Å². The lowest BCUT2D eigenvalue weighted by Gasteiger charge is -2.21. The predicted octanol–water partition coefficient (Wildman–Crippen LogP) is 4.24. The van der Waals surface area contributed by atoms with Crippen LogP contribution in [-0.2, 0) is 4.79 Å². The van der Waals surface area contributed by atoms with Crippen molar-refractivity contribution in [1.82, 2.24) is 0 Å². The van der Waals surface area contributed by atoms with E-state index < -0.39 is 11.9 Å². The summed E-state index contributed by atoms with van der Waals surface area (Å²) in [6.07, 6.45) is 0. The molecular formula is C16H16O2S. The molecule has 3 heteroatoms. The van der Waals surface area contributed by atoms with Crippen LogP contribution < -0.4 is 0 Å². The highest BCUT2D eigenvalue weighted by Crippen LogP contribution is 2.40. The second-order valence-corrected chi connectivity index (χ2v) is 5.60. The number of hydrogen-bond acceptors (Lipinski definition) is 2. The molecular weight excluding hydrogens is 256 g/mol. The average molecular weight is 272 g/mol. The van der Waals surface area contributed by atoms with Crippen molar-refractivity contribution in [3.8, 4) is 0 Å². The van der Waals surface area contributed by atoms with Gasteiger partial charge < -0.3 is 5.11 Å². The van der Waals surface area contributed by atoms with E-state index in [0.29, 0.717) is 0 Å². The van der Waals surface area contributed by atoms with Crippen LogP contribution >= 0.6 is 11.8 Å². The number of carboxylic acid groups (broad SMARTS) is 1. The number of thioether (sulfide) groups is 1. The van der Waals surface area contributed by atoms with Crippen molar-refractivity contribution in [3.63, 3.8) is 0 Å². The van der Waals surface area contributed by atoms with Crippen LogP contribution in [0.25, 0.3) is 0 Å². The topological polar surface area (TPSA) is 37.3 Å². The standard InChI is InChI=1S/C16H16O2S/c1-12(16(17)18)15(13-8-4-2-5-9-13)19-14-10-6-3-7-11-14/h2-12,15H,1H3,(H,17,18)/t12-,15+/m0/s1. The van der Waals surface area contributed by atoms with E-state index in [1.807, 2.05) is 60.7 Å². The molecule has 0 heterocycles. The van der Waals surface area contributed by atoms with Crippen molar-refractivity contribution in [2.45, 2.75) is 17.1 Å². The summed E-state index contributed by atoms with van der Waals surface area (Å²) in [6.45, 7) is 1.76. The predicted molar refractivity (Wildman–Crippen MR) is 78.3 cm³/mol. The zero-order valence-corrected chi connectivity index (χ0v) is 11.5. The van der Waals surface area contributed by atoms with Crippen LogP contribution in [0.3, 0.4) is 0 Å². The van der Waals surface area contributed by atoms with E-state index in [0.717, 1.165) is 10.5 Å². The number of carboxylic acids is 1. The van der Waals surface area contributed by atoms with Crippen molar-refractivity contribution < 1.29 is 9.90 Å². The fourth-order valence-electron chi connectivity index (χ4n) is 1.88. The summed E-state index contributed by atoms with van der Waals surface area (Å²) in [6, 6.07) is 19.7. The third-order valence-corrected chi connectivity index (χ3v) is 4.46. The lowest BCUT2D eigenvalue weighted by molar-refractivity contribution is -0.141. The van der Waals surface area contributed by atoms with Crippen molar-refractivity contribution in [3.05, 3.63) is 66.2 Å². The zero-order chi connectivity index (χ0) is 13.7. The molecule has 0 saturated heterocycles. The summed E-state index contributed by atoms with van der Waals surface area (Å²) in [5.74, 6) is -1.20. The molecule has 2 aromatic carbocycles. The number of hydrogen-bond donors (Lipinski definition) is 1. The molecule has 0 radical (unpaired) electrons. The molecule has 1 N–H and O–H groups in total. The second-order valence-electron chi connectivity index (χ2n) is 4.39. The van der Waals surface area contributed by atoms with Crippen LogP contribution in [-0.4, -0.2) is 11.1 Å².